The predicted octanol–water partition coefficient (Wildman–Crippen LogP) is 4.78. The molecule has 0 spiro atoms. The van der Waals surface area contributed by atoms with E-state index in [0.29, 0.717) is 42.1 Å². The number of nitrogens with one attached hydrogen (secondary N) is 2. The number of amides is 2. The lowest BCUT2D eigenvalue weighted by atomic mass is 10.1. The Morgan fingerprint density at radius 3 is 2.70 bits per heavy atom. The highest BCUT2D eigenvalue weighted by molar-refractivity contribution is 6.07. The number of unbranched alkanes of at least 4 members (excludes halogenated alkanes) is 1. The summed E-state index contributed by atoms with van der Waals surface area (Å²) < 4.78 is 10.7. The first-order chi connectivity index (χ1) is 14.6. The van der Waals surface area contributed by atoms with Crippen molar-refractivity contribution < 1.29 is 18.7 Å². The maximum Gasteiger partial charge on any atom is 0.291 e. The number of rotatable bonds is 8. The highest BCUT2D eigenvalue weighted by atomic mass is 16.5. The number of hydrogen-bond donors (Lipinski definition) is 2. The molecule has 152 valence electrons. The molecule has 7 nitrogen and oxygen atoms in total. The first kappa shape index (κ1) is 20.7. The fourth-order valence-corrected chi connectivity index (χ4v) is 2.70. The Labute approximate surface area is 174 Å². The van der Waals surface area contributed by atoms with E-state index in [2.05, 4.69) is 16.7 Å². The van der Waals surface area contributed by atoms with Gasteiger partial charge in [0.15, 0.2) is 5.76 Å². The van der Waals surface area contributed by atoms with Gasteiger partial charge in [-0.15, -0.1) is 0 Å². The van der Waals surface area contributed by atoms with E-state index in [1.54, 1.807) is 54.6 Å². The summed E-state index contributed by atoms with van der Waals surface area (Å²) in [5, 5.41) is 14.2. The second-order valence-corrected chi connectivity index (χ2v) is 6.55. The molecule has 2 N–H and O–H groups in total. The Morgan fingerprint density at radius 2 is 1.93 bits per heavy atom. The molecule has 0 saturated carbocycles. The molecule has 0 unspecified atom stereocenters. The summed E-state index contributed by atoms with van der Waals surface area (Å²) >= 11 is 0. The van der Waals surface area contributed by atoms with Crippen LogP contribution in [-0.2, 0) is 0 Å². The van der Waals surface area contributed by atoms with Gasteiger partial charge in [0.1, 0.15) is 5.75 Å². The third kappa shape index (κ3) is 5.49. The molecular weight excluding hydrogens is 382 g/mol. The molecule has 0 atom stereocenters. The number of aryl methyl sites for hydroxylation is 1. The second-order valence-electron chi connectivity index (χ2n) is 6.55. The van der Waals surface area contributed by atoms with Crippen LogP contribution in [0.2, 0.25) is 0 Å². The Morgan fingerprint density at radius 1 is 1.07 bits per heavy atom. The first-order valence-electron chi connectivity index (χ1n) is 9.43. The second kappa shape index (κ2) is 9.94. The molecule has 3 aromatic rings. The molecule has 3 rings (SSSR count). The number of anilines is 2. The van der Waals surface area contributed by atoms with Crippen LogP contribution in [0.5, 0.6) is 5.75 Å². The Hall–Kier alpha value is -4.05. The monoisotopic (exact) mass is 403 g/mol. The van der Waals surface area contributed by atoms with Crippen LogP contribution >= 0.6 is 0 Å². The first-order valence-corrected chi connectivity index (χ1v) is 9.43. The van der Waals surface area contributed by atoms with Gasteiger partial charge in [-0.05, 0) is 55.3 Å². The number of benzene rings is 2. The van der Waals surface area contributed by atoms with E-state index < -0.39 is 0 Å². The van der Waals surface area contributed by atoms with Crippen molar-refractivity contribution in [1.29, 1.82) is 5.26 Å². The van der Waals surface area contributed by atoms with Crippen molar-refractivity contribution in [3.05, 3.63) is 77.7 Å². The van der Waals surface area contributed by atoms with E-state index in [-0.39, 0.29) is 17.6 Å². The minimum absolute atomic E-state index is 0.191. The zero-order valence-corrected chi connectivity index (χ0v) is 16.5. The smallest absolute Gasteiger partial charge is 0.291 e. The molecule has 0 saturated heterocycles. The maximum absolute atomic E-state index is 12.7. The standard InChI is InChI=1S/C23H21N3O4/c1-16-9-10-17(14-20(16)26-23(28)21-8-5-13-30-21)22(27)25-18-6-4-7-19(15-18)29-12-3-2-11-24/h4-10,13-15H,2-3,12H2,1H3,(H,25,27)(H,26,28). The van der Waals surface area contributed by atoms with Gasteiger partial charge in [-0.3, -0.25) is 9.59 Å². The summed E-state index contributed by atoms with van der Waals surface area (Å²) in [4.78, 5) is 24.9. The molecule has 0 aliphatic carbocycles. The average Bonchev–Trinajstić information content (AvgIpc) is 3.28. The van der Waals surface area contributed by atoms with Gasteiger partial charge in [0, 0.05) is 29.4 Å². The molecule has 7 heteroatoms. The molecule has 0 bridgehead atoms. The van der Waals surface area contributed by atoms with Gasteiger partial charge in [-0.2, -0.15) is 5.26 Å². The topological polar surface area (TPSA) is 104 Å². The van der Waals surface area contributed by atoms with Crippen LogP contribution in [0.25, 0.3) is 0 Å². The fourth-order valence-electron chi connectivity index (χ4n) is 2.70. The number of nitrogens with zero attached hydrogens (tertiary/aromatic N) is 1. The molecule has 1 heterocycles. The van der Waals surface area contributed by atoms with Crippen molar-refractivity contribution in [2.75, 3.05) is 17.2 Å². The summed E-state index contributed by atoms with van der Waals surface area (Å²) in [5.74, 6) is 0.101. The van der Waals surface area contributed by atoms with Crippen LogP contribution in [0.1, 0.15) is 39.3 Å². The summed E-state index contributed by atoms with van der Waals surface area (Å²) in [6.07, 6.45) is 2.50. The minimum Gasteiger partial charge on any atom is -0.493 e. The Balaban J connectivity index is 1.67. The highest BCUT2D eigenvalue weighted by Crippen LogP contribution is 2.21. The third-order valence-electron chi connectivity index (χ3n) is 4.29. The molecule has 2 aromatic carbocycles. The largest absolute Gasteiger partial charge is 0.493 e. The van der Waals surface area contributed by atoms with E-state index in [0.717, 1.165) is 5.56 Å². The third-order valence-corrected chi connectivity index (χ3v) is 4.29. The van der Waals surface area contributed by atoms with Crippen molar-refractivity contribution in [1.82, 2.24) is 0 Å². The fraction of sp³-hybridized carbons (Fsp3) is 0.174. The molecule has 1 aromatic heterocycles. The molecule has 2 amide bonds. The van der Waals surface area contributed by atoms with Crippen molar-refractivity contribution in [2.24, 2.45) is 0 Å². The SMILES string of the molecule is Cc1ccc(C(=O)Nc2cccc(OCCCC#N)c2)cc1NC(=O)c1ccco1. The van der Waals surface area contributed by atoms with Gasteiger partial charge in [0.2, 0.25) is 0 Å². The van der Waals surface area contributed by atoms with Crippen LogP contribution < -0.4 is 15.4 Å². The molecule has 0 radical (unpaired) electrons. The summed E-state index contributed by atoms with van der Waals surface area (Å²) in [6.45, 7) is 2.27. The Bertz CT molecular complexity index is 1070. The molecule has 0 aliphatic rings. The molecule has 30 heavy (non-hydrogen) atoms. The van der Waals surface area contributed by atoms with Gasteiger partial charge < -0.3 is 19.8 Å². The summed E-state index contributed by atoms with van der Waals surface area (Å²) in [5.41, 5.74) is 2.33. The predicted molar refractivity (Wildman–Crippen MR) is 113 cm³/mol. The highest BCUT2D eigenvalue weighted by Gasteiger charge is 2.13. The van der Waals surface area contributed by atoms with Gasteiger partial charge in [-0.1, -0.05) is 12.1 Å². The lowest BCUT2D eigenvalue weighted by Crippen LogP contribution is -2.15. The van der Waals surface area contributed by atoms with Crippen LogP contribution in [0, 0.1) is 18.3 Å². The van der Waals surface area contributed by atoms with E-state index in [1.807, 2.05) is 6.92 Å². The van der Waals surface area contributed by atoms with E-state index in [9.17, 15) is 9.59 Å². The van der Waals surface area contributed by atoms with Crippen molar-refractivity contribution in [2.45, 2.75) is 19.8 Å². The van der Waals surface area contributed by atoms with Crippen LogP contribution in [0.3, 0.4) is 0 Å². The van der Waals surface area contributed by atoms with E-state index >= 15 is 0 Å². The minimum atomic E-state index is -0.387. The van der Waals surface area contributed by atoms with E-state index in [4.69, 9.17) is 14.4 Å². The van der Waals surface area contributed by atoms with Gasteiger partial charge in [0.05, 0.1) is 18.9 Å². The number of ether oxygens (including phenoxy) is 1. The zero-order valence-electron chi connectivity index (χ0n) is 16.5. The van der Waals surface area contributed by atoms with Crippen LogP contribution in [0.4, 0.5) is 11.4 Å². The normalized spacial score (nSPS) is 10.1. The van der Waals surface area contributed by atoms with Gasteiger partial charge >= 0.3 is 0 Å². The summed E-state index contributed by atoms with van der Waals surface area (Å²) in [6, 6.07) is 17.4. The van der Waals surface area contributed by atoms with Crippen molar-refractivity contribution in [3.63, 3.8) is 0 Å². The maximum atomic E-state index is 12.7. The van der Waals surface area contributed by atoms with Crippen LogP contribution in [0.15, 0.2) is 65.3 Å². The zero-order chi connectivity index (χ0) is 21.3. The van der Waals surface area contributed by atoms with Gasteiger partial charge in [-0.25, -0.2) is 0 Å². The number of nitriles is 1. The lowest BCUT2D eigenvalue weighted by molar-refractivity contribution is 0.0993. The number of carbonyl (C=O) groups excluding carboxylic acids is 2. The molecule has 0 fully saturated rings. The van der Waals surface area contributed by atoms with Gasteiger partial charge in [0.25, 0.3) is 11.8 Å². The average molecular weight is 403 g/mol. The molecule has 0 aliphatic heterocycles. The number of hydrogen-bond acceptors (Lipinski definition) is 5. The van der Waals surface area contributed by atoms with Crippen molar-refractivity contribution >= 4 is 23.2 Å². The summed E-state index contributed by atoms with van der Waals surface area (Å²) in [7, 11) is 0. The number of carbonyl (C=O) groups is 2. The Kier molecular flexibility index (Phi) is 6.85. The van der Waals surface area contributed by atoms with Crippen molar-refractivity contribution in [3.8, 4) is 11.8 Å². The van der Waals surface area contributed by atoms with Crippen LogP contribution in [-0.4, -0.2) is 18.4 Å². The lowest BCUT2D eigenvalue weighted by Gasteiger charge is -2.11. The number of furan rings is 1. The van der Waals surface area contributed by atoms with E-state index in [1.165, 1.54) is 6.26 Å². The quantitative estimate of drug-likeness (QED) is 0.527. The molecular formula is C23H21N3O4.